The summed E-state index contributed by atoms with van der Waals surface area (Å²) in [6.45, 7) is 0. The van der Waals surface area contributed by atoms with Crippen molar-refractivity contribution in [1.29, 1.82) is 0 Å². The van der Waals surface area contributed by atoms with E-state index in [0.29, 0.717) is 0 Å². The van der Waals surface area contributed by atoms with Crippen molar-refractivity contribution in [3.8, 4) is 11.1 Å². The molecule has 2 radical (unpaired) electrons. The molecule has 2 aromatic carbocycles. The van der Waals surface area contributed by atoms with Gasteiger partial charge in [-0.05, 0) is 11.1 Å². The standard InChI is InChI=1S/C12H10.Cl2Si/c1-3-7-11(8-4-1)12-9-5-2-6-10-12;1-3-2/h1-10H;. The first-order chi connectivity index (χ1) is 7.38. The van der Waals surface area contributed by atoms with Crippen molar-refractivity contribution >= 4 is 30.3 Å². The smallest absolute Gasteiger partial charge is 0.148 e. The van der Waals surface area contributed by atoms with E-state index in [1.165, 1.54) is 11.1 Å². The molecule has 0 spiro atoms. The molecule has 0 saturated heterocycles. The van der Waals surface area contributed by atoms with E-state index >= 15 is 0 Å². The number of halogens is 2. The van der Waals surface area contributed by atoms with E-state index in [9.17, 15) is 0 Å². The average molecular weight is 253 g/mol. The molecule has 0 bridgehead atoms. The van der Waals surface area contributed by atoms with Gasteiger partial charge in [0.05, 0.1) is 0 Å². The van der Waals surface area contributed by atoms with Gasteiger partial charge in [-0.3, -0.25) is 0 Å². The van der Waals surface area contributed by atoms with Gasteiger partial charge in [0.1, 0.15) is 0 Å². The van der Waals surface area contributed by atoms with Crippen LogP contribution in [-0.4, -0.2) is 8.14 Å². The Bertz CT molecular complexity index is 324. The van der Waals surface area contributed by atoms with Crippen molar-refractivity contribution < 1.29 is 0 Å². The predicted molar refractivity (Wildman–Crippen MR) is 69.3 cm³/mol. The summed E-state index contributed by atoms with van der Waals surface area (Å²) in [6, 6.07) is 20.8. The van der Waals surface area contributed by atoms with E-state index in [0.717, 1.165) is 0 Å². The van der Waals surface area contributed by atoms with Crippen molar-refractivity contribution in [2.75, 3.05) is 0 Å². The molecule has 0 heterocycles. The highest BCUT2D eigenvalue weighted by atomic mass is 35.7. The second kappa shape index (κ2) is 7.52. The Morgan fingerprint density at radius 2 is 0.867 bits per heavy atom. The van der Waals surface area contributed by atoms with Crippen LogP contribution in [-0.2, 0) is 0 Å². The van der Waals surface area contributed by atoms with Crippen molar-refractivity contribution in [1.82, 2.24) is 0 Å². The SMILES string of the molecule is Cl[Si]Cl.c1ccc(-c2ccccc2)cc1. The summed E-state index contributed by atoms with van der Waals surface area (Å²) in [5, 5.41) is 0. The van der Waals surface area contributed by atoms with Crippen molar-refractivity contribution in [3.05, 3.63) is 60.7 Å². The first-order valence-electron chi connectivity index (χ1n) is 4.45. The maximum Gasteiger partial charge on any atom is 0.295 e. The topological polar surface area (TPSA) is 0 Å². The molecule has 2 aromatic rings. The van der Waals surface area contributed by atoms with Crippen LogP contribution >= 0.6 is 22.2 Å². The van der Waals surface area contributed by atoms with Gasteiger partial charge in [0.2, 0.25) is 0 Å². The summed E-state index contributed by atoms with van der Waals surface area (Å²) in [5.74, 6) is 0. The zero-order valence-corrected chi connectivity index (χ0v) is 10.5. The third-order valence-electron chi connectivity index (χ3n) is 1.88. The Labute approximate surface area is 102 Å². The lowest BCUT2D eigenvalue weighted by Gasteiger charge is -1.98. The average Bonchev–Trinajstić information content (AvgIpc) is 2.32. The minimum atomic E-state index is 0.0278. The highest BCUT2D eigenvalue weighted by molar-refractivity contribution is 7.22. The number of hydrogen-bond acceptors (Lipinski definition) is 0. The lowest BCUT2D eigenvalue weighted by Crippen LogP contribution is -1.73. The quantitative estimate of drug-likeness (QED) is 0.523. The van der Waals surface area contributed by atoms with Crippen LogP contribution in [0.1, 0.15) is 0 Å². The van der Waals surface area contributed by atoms with Gasteiger partial charge < -0.3 is 0 Å². The van der Waals surface area contributed by atoms with E-state index in [-0.39, 0.29) is 8.14 Å². The minimum Gasteiger partial charge on any atom is -0.148 e. The van der Waals surface area contributed by atoms with Gasteiger partial charge in [-0.15, -0.1) is 22.2 Å². The maximum atomic E-state index is 4.79. The Morgan fingerprint density at radius 1 is 0.600 bits per heavy atom. The first-order valence-corrected chi connectivity index (χ1v) is 7.47. The molecule has 0 amide bonds. The van der Waals surface area contributed by atoms with E-state index in [4.69, 9.17) is 22.2 Å². The molecule has 0 aliphatic heterocycles. The van der Waals surface area contributed by atoms with Crippen LogP contribution in [0.5, 0.6) is 0 Å². The van der Waals surface area contributed by atoms with Crippen molar-refractivity contribution in [2.24, 2.45) is 0 Å². The monoisotopic (exact) mass is 252 g/mol. The molecule has 0 aliphatic carbocycles. The third-order valence-corrected chi connectivity index (χ3v) is 1.88. The molecule has 2 rings (SSSR count). The van der Waals surface area contributed by atoms with Crippen LogP contribution in [0, 0.1) is 0 Å². The second-order valence-electron chi connectivity index (χ2n) is 2.80. The summed E-state index contributed by atoms with van der Waals surface area (Å²) in [4.78, 5) is 0. The lowest BCUT2D eigenvalue weighted by molar-refractivity contribution is 1.62. The molecule has 0 aromatic heterocycles. The second-order valence-corrected chi connectivity index (χ2v) is 4.66. The van der Waals surface area contributed by atoms with E-state index in [1.54, 1.807) is 0 Å². The van der Waals surface area contributed by atoms with Crippen molar-refractivity contribution in [3.63, 3.8) is 0 Å². The summed E-state index contributed by atoms with van der Waals surface area (Å²) < 4.78 is 0. The van der Waals surface area contributed by atoms with E-state index < -0.39 is 0 Å². The largest absolute Gasteiger partial charge is 0.295 e. The van der Waals surface area contributed by atoms with Crippen LogP contribution in [0.25, 0.3) is 11.1 Å². The highest BCUT2D eigenvalue weighted by Gasteiger charge is 1.91. The van der Waals surface area contributed by atoms with Crippen molar-refractivity contribution in [2.45, 2.75) is 0 Å². The number of hydrogen-bond donors (Lipinski definition) is 0. The van der Waals surface area contributed by atoms with Crippen LogP contribution in [0.2, 0.25) is 0 Å². The molecule has 0 aliphatic rings. The third kappa shape index (κ3) is 4.52. The Morgan fingerprint density at radius 3 is 1.13 bits per heavy atom. The zero-order chi connectivity index (χ0) is 10.9. The fraction of sp³-hybridized carbons (Fsp3) is 0. The maximum absolute atomic E-state index is 4.79. The summed E-state index contributed by atoms with van der Waals surface area (Å²) in [6.07, 6.45) is 0. The van der Waals surface area contributed by atoms with Crippen LogP contribution in [0.15, 0.2) is 60.7 Å². The summed E-state index contributed by atoms with van der Waals surface area (Å²) in [7, 11) is 0.0278. The van der Waals surface area contributed by atoms with Gasteiger partial charge in [-0.2, -0.15) is 0 Å². The van der Waals surface area contributed by atoms with Crippen LogP contribution in [0.4, 0.5) is 0 Å². The van der Waals surface area contributed by atoms with Crippen LogP contribution < -0.4 is 0 Å². The minimum absolute atomic E-state index is 0.0278. The normalized spacial score (nSPS) is 8.93. The Hall–Kier alpha value is -0.763. The molecule has 0 fully saturated rings. The van der Waals surface area contributed by atoms with E-state index in [1.807, 2.05) is 12.1 Å². The molecule has 3 heteroatoms. The van der Waals surface area contributed by atoms with Gasteiger partial charge in [-0.25, -0.2) is 0 Å². The fourth-order valence-corrected chi connectivity index (χ4v) is 1.26. The molecule has 15 heavy (non-hydrogen) atoms. The zero-order valence-electron chi connectivity index (χ0n) is 8.03. The summed E-state index contributed by atoms with van der Waals surface area (Å²) >= 11 is 9.58. The van der Waals surface area contributed by atoms with Gasteiger partial charge in [0.25, 0.3) is 8.14 Å². The Kier molecular flexibility index (Phi) is 6.17. The summed E-state index contributed by atoms with van der Waals surface area (Å²) in [5.41, 5.74) is 2.55. The Balaban J connectivity index is 0.000000337. The van der Waals surface area contributed by atoms with Gasteiger partial charge in [0, 0.05) is 0 Å². The molecule has 0 atom stereocenters. The predicted octanol–water partition coefficient (Wildman–Crippen LogP) is 4.35. The van der Waals surface area contributed by atoms with E-state index in [2.05, 4.69) is 48.5 Å². The van der Waals surface area contributed by atoms with Crippen LogP contribution in [0.3, 0.4) is 0 Å². The molecule has 0 N–H and O–H groups in total. The van der Waals surface area contributed by atoms with Gasteiger partial charge in [-0.1, -0.05) is 60.7 Å². The van der Waals surface area contributed by atoms with Gasteiger partial charge in [0.15, 0.2) is 0 Å². The molecule has 0 saturated carbocycles. The molecule has 76 valence electrons. The molecule has 0 nitrogen and oxygen atoms in total. The molecular formula is C12H10Cl2Si. The molecular weight excluding hydrogens is 243 g/mol. The lowest BCUT2D eigenvalue weighted by atomic mass is 10.1. The van der Waals surface area contributed by atoms with Gasteiger partial charge >= 0.3 is 0 Å². The highest BCUT2D eigenvalue weighted by Crippen LogP contribution is 2.17. The molecule has 0 unspecified atom stereocenters. The number of rotatable bonds is 1. The fourth-order valence-electron chi connectivity index (χ4n) is 1.26. The first kappa shape index (κ1) is 12.3. The number of benzene rings is 2.